The summed E-state index contributed by atoms with van der Waals surface area (Å²) < 4.78 is 0. The van der Waals surface area contributed by atoms with E-state index < -0.39 is 0 Å². The lowest BCUT2D eigenvalue weighted by Crippen LogP contribution is -2.43. The first kappa shape index (κ1) is 16.3. The highest BCUT2D eigenvalue weighted by atomic mass is 32.1. The zero-order valence-electron chi connectivity index (χ0n) is 14.3. The van der Waals surface area contributed by atoms with E-state index in [1.165, 1.54) is 20.9 Å². The van der Waals surface area contributed by atoms with Crippen LogP contribution in [-0.4, -0.2) is 17.9 Å². The highest BCUT2D eigenvalue weighted by molar-refractivity contribution is 7.11. The summed E-state index contributed by atoms with van der Waals surface area (Å²) in [4.78, 5) is 17.8. The summed E-state index contributed by atoms with van der Waals surface area (Å²) in [6, 6.07) is 12.8. The number of amides is 1. The van der Waals surface area contributed by atoms with Crippen LogP contribution in [0, 0.1) is 13.8 Å². The molecule has 122 valence electrons. The van der Waals surface area contributed by atoms with Gasteiger partial charge in [0.2, 0.25) is 5.91 Å². The maximum atomic E-state index is 13.3. The first-order chi connectivity index (χ1) is 11.0. The highest BCUT2D eigenvalue weighted by Crippen LogP contribution is 2.43. The second-order valence-electron chi connectivity index (χ2n) is 6.83. The summed E-state index contributed by atoms with van der Waals surface area (Å²) in [6.07, 6.45) is 4.24. The quantitative estimate of drug-likeness (QED) is 0.787. The van der Waals surface area contributed by atoms with Gasteiger partial charge in [0.25, 0.3) is 0 Å². The molecule has 1 fully saturated rings. The van der Waals surface area contributed by atoms with Gasteiger partial charge in [-0.05, 0) is 44.4 Å². The van der Waals surface area contributed by atoms with Gasteiger partial charge < -0.3 is 4.90 Å². The van der Waals surface area contributed by atoms with Gasteiger partial charge in [-0.25, -0.2) is 0 Å². The van der Waals surface area contributed by atoms with Crippen LogP contribution in [0.3, 0.4) is 0 Å². The second kappa shape index (κ2) is 6.48. The van der Waals surface area contributed by atoms with Gasteiger partial charge in [-0.3, -0.25) is 4.79 Å². The van der Waals surface area contributed by atoms with Crippen molar-refractivity contribution in [1.29, 1.82) is 0 Å². The van der Waals surface area contributed by atoms with E-state index in [9.17, 15) is 4.79 Å². The second-order valence-corrected chi connectivity index (χ2v) is 8.20. The third-order valence-electron chi connectivity index (χ3n) is 4.97. The summed E-state index contributed by atoms with van der Waals surface area (Å²) in [5.74, 6) is 0.284. The third kappa shape index (κ3) is 3.20. The number of carbonyl (C=O) groups is 1. The number of likely N-dealkylation sites (N-methyl/N-ethyl adjacent to an activating group) is 1. The minimum Gasteiger partial charge on any atom is -0.340 e. The number of hydrogen-bond donors (Lipinski definition) is 0. The summed E-state index contributed by atoms with van der Waals surface area (Å²) in [5, 5.41) is 0. The molecular weight excluding hydrogens is 302 g/mol. The van der Waals surface area contributed by atoms with Crippen molar-refractivity contribution in [1.82, 2.24) is 4.90 Å². The van der Waals surface area contributed by atoms with Gasteiger partial charge in [0.05, 0.1) is 12.0 Å². The lowest BCUT2D eigenvalue weighted by molar-refractivity contribution is -0.136. The van der Waals surface area contributed by atoms with Crippen molar-refractivity contribution in [2.45, 2.75) is 51.5 Å². The Balaban J connectivity index is 1.87. The minimum atomic E-state index is -0.312. The average molecular weight is 327 g/mol. The van der Waals surface area contributed by atoms with Crippen molar-refractivity contribution in [3.8, 4) is 0 Å². The maximum absolute atomic E-state index is 13.3. The monoisotopic (exact) mass is 327 g/mol. The topological polar surface area (TPSA) is 20.3 Å². The molecule has 1 saturated carbocycles. The van der Waals surface area contributed by atoms with Crippen molar-refractivity contribution in [3.63, 3.8) is 0 Å². The Labute approximate surface area is 143 Å². The number of aryl methyl sites for hydroxylation is 2. The van der Waals surface area contributed by atoms with Crippen LogP contribution in [0.15, 0.2) is 36.4 Å². The van der Waals surface area contributed by atoms with E-state index in [1.54, 1.807) is 11.3 Å². The first-order valence-electron chi connectivity index (χ1n) is 8.39. The smallest absolute Gasteiger partial charge is 0.233 e. The number of carbonyl (C=O) groups excluding carboxylic acids is 1. The largest absolute Gasteiger partial charge is 0.340 e. The average Bonchev–Trinajstić information content (AvgIpc) is 3.16. The van der Waals surface area contributed by atoms with Crippen LogP contribution in [0.1, 0.15) is 46.6 Å². The molecule has 1 amide bonds. The molecule has 1 aromatic carbocycles. The number of nitrogens with zero attached hydrogens (tertiary/aromatic N) is 1. The van der Waals surface area contributed by atoms with Crippen molar-refractivity contribution in [2.75, 3.05) is 7.05 Å². The Morgan fingerprint density at radius 3 is 2.52 bits per heavy atom. The molecule has 1 aromatic heterocycles. The Bertz CT molecular complexity index is 697. The number of benzene rings is 1. The molecule has 2 aromatic rings. The van der Waals surface area contributed by atoms with Gasteiger partial charge in [0, 0.05) is 16.8 Å². The predicted molar refractivity (Wildman–Crippen MR) is 96.9 cm³/mol. The van der Waals surface area contributed by atoms with E-state index in [0.29, 0.717) is 6.54 Å². The van der Waals surface area contributed by atoms with Gasteiger partial charge >= 0.3 is 0 Å². The van der Waals surface area contributed by atoms with Crippen molar-refractivity contribution in [2.24, 2.45) is 0 Å². The number of hydrogen-bond acceptors (Lipinski definition) is 2. The molecule has 0 atom stereocenters. The van der Waals surface area contributed by atoms with Crippen molar-refractivity contribution < 1.29 is 4.79 Å². The zero-order chi connectivity index (χ0) is 16.4. The van der Waals surface area contributed by atoms with Crippen LogP contribution in [0.2, 0.25) is 0 Å². The van der Waals surface area contributed by atoms with Crippen LogP contribution >= 0.6 is 11.3 Å². The molecular formula is C20H25NOS. The van der Waals surface area contributed by atoms with E-state index in [-0.39, 0.29) is 11.3 Å². The molecule has 3 rings (SSSR count). The highest BCUT2D eigenvalue weighted by Gasteiger charge is 2.44. The van der Waals surface area contributed by atoms with Crippen molar-refractivity contribution >= 4 is 17.2 Å². The van der Waals surface area contributed by atoms with E-state index in [2.05, 4.69) is 50.2 Å². The lowest BCUT2D eigenvalue weighted by Gasteiger charge is -2.33. The van der Waals surface area contributed by atoms with Crippen LogP contribution < -0.4 is 0 Å². The van der Waals surface area contributed by atoms with Crippen LogP contribution in [-0.2, 0) is 16.8 Å². The molecule has 0 saturated heterocycles. The Morgan fingerprint density at radius 1 is 1.17 bits per heavy atom. The SMILES string of the molecule is Cc1cccc(C2(C(=O)N(C)Cc3ccc(C)s3)CCCC2)c1. The fourth-order valence-electron chi connectivity index (χ4n) is 3.79. The predicted octanol–water partition coefficient (Wildman–Crippen LogP) is 4.84. The Hall–Kier alpha value is -1.61. The Morgan fingerprint density at radius 2 is 1.91 bits per heavy atom. The maximum Gasteiger partial charge on any atom is 0.233 e. The van der Waals surface area contributed by atoms with Gasteiger partial charge in [-0.1, -0.05) is 42.7 Å². The molecule has 1 heterocycles. The number of rotatable bonds is 4. The third-order valence-corrected chi connectivity index (χ3v) is 5.96. The van der Waals surface area contributed by atoms with Gasteiger partial charge in [-0.2, -0.15) is 0 Å². The van der Waals surface area contributed by atoms with E-state index >= 15 is 0 Å². The molecule has 1 aliphatic carbocycles. The Kier molecular flexibility index (Phi) is 4.58. The fourth-order valence-corrected chi connectivity index (χ4v) is 4.73. The van der Waals surface area contributed by atoms with Crippen LogP contribution in [0.5, 0.6) is 0 Å². The van der Waals surface area contributed by atoms with E-state index in [0.717, 1.165) is 25.7 Å². The molecule has 2 nitrogen and oxygen atoms in total. The molecule has 0 aliphatic heterocycles. The molecule has 0 radical (unpaired) electrons. The van der Waals surface area contributed by atoms with Gasteiger partial charge in [0.1, 0.15) is 0 Å². The lowest BCUT2D eigenvalue weighted by atomic mass is 9.77. The summed E-state index contributed by atoms with van der Waals surface area (Å²) >= 11 is 1.78. The van der Waals surface area contributed by atoms with Crippen molar-refractivity contribution in [3.05, 3.63) is 57.3 Å². The summed E-state index contributed by atoms with van der Waals surface area (Å²) in [7, 11) is 1.95. The molecule has 0 bridgehead atoms. The molecule has 0 unspecified atom stereocenters. The van der Waals surface area contributed by atoms with Crippen LogP contribution in [0.25, 0.3) is 0 Å². The minimum absolute atomic E-state index is 0.284. The van der Waals surface area contributed by atoms with E-state index in [1.807, 2.05) is 11.9 Å². The standard InChI is InChI=1S/C20H25NOS/c1-15-7-6-8-17(13-15)20(11-4-5-12-20)19(22)21(3)14-18-10-9-16(2)23-18/h6-10,13H,4-5,11-12,14H2,1-3H3. The fraction of sp³-hybridized carbons (Fsp3) is 0.450. The normalized spacial score (nSPS) is 16.5. The zero-order valence-corrected chi connectivity index (χ0v) is 15.1. The summed E-state index contributed by atoms with van der Waals surface area (Å²) in [6.45, 7) is 4.93. The van der Waals surface area contributed by atoms with Gasteiger partial charge in [0.15, 0.2) is 0 Å². The molecule has 0 spiro atoms. The molecule has 3 heteroatoms. The summed E-state index contributed by atoms with van der Waals surface area (Å²) in [5.41, 5.74) is 2.12. The molecule has 1 aliphatic rings. The molecule has 0 N–H and O–H groups in total. The van der Waals surface area contributed by atoms with Crippen LogP contribution in [0.4, 0.5) is 0 Å². The van der Waals surface area contributed by atoms with Gasteiger partial charge in [-0.15, -0.1) is 11.3 Å². The molecule has 23 heavy (non-hydrogen) atoms. The number of thiophene rings is 1. The van der Waals surface area contributed by atoms with E-state index in [4.69, 9.17) is 0 Å². The first-order valence-corrected chi connectivity index (χ1v) is 9.21.